The van der Waals surface area contributed by atoms with E-state index >= 15 is 0 Å². The minimum absolute atomic E-state index is 0.573. The van der Waals surface area contributed by atoms with Gasteiger partial charge >= 0.3 is 0 Å². The lowest BCUT2D eigenvalue weighted by Gasteiger charge is -2.34. The summed E-state index contributed by atoms with van der Waals surface area (Å²) >= 11 is 0. The lowest BCUT2D eigenvalue weighted by atomic mass is 9.67. The molecular weight excluding hydrogens is 713 g/mol. The Morgan fingerprint density at radius 3 is 1.37 bits per heavy atom. The van der Waals surface area contributed by atoms with E-state index in [0.717, 1.165) is 34.1 Å². The van der Waals surface area contributed by atoms with Crippen molar-refractivity contribution in [1.29, 1.82) is 0 Å². The number of hydrogen-bond acceptors (Lipinski definition) is 2. The molecule has 0 aliphatic heterocycles. The molecule has 59 heavy (non-hydrogen) atoms. The van der Waals surface area contributed by atoms with E-state index in [0.29, 0.717) is 0 Å². The summed E-state index contributed by atoms with van der Waals surface area (Å²) in [7, 11) is 0. The van der Waals surface area contributed by atoms with E-state index < -0.39 is 5.41 Å². The van der Waals surface area contributed by atoms with Crippen LogP contribution in [0.5, 0.6) is 0 Å². The summed E-state index contributed by atoms with van der Waals surface area (Å²) in [5.74, 6) is 0. The van der Waals surface area contributed by atoms with Gasteiger partial charge in [0.15, 0.2) is 0 Å². The Labute approximate surface area is 345 Å². The average molecular weight is 753 g/mol. The number of nitrogens with zero attached hydrogens (tertiary/aromatic N) is 2. The lowest BCUT2D eigenvalue weighted by Crippen LogP contribution is -2.28. The Hall–Kier alpha value is -7.68. The van der Waals surface area contributed by atoms with Gasteiger partial charge in [-0.15, -0.1) is 0 Å². The van der Waals surface area contributed by atoms with Gasteiger partial charge in [0.25, 0.3) is 0 Å². The Kier molecular flexibility index (Phi) is 8.41. The van der Waals surface area contributed by atoms with Gasteiger partial charge in [-0.1, -0.05) is 170 Å². The van der Waals surface area contributed by atoms with Crippen molar-refractivity contribution in [2.24, 2.45) is 0 Å². The van der Waals surface area contributed by atoms with Crippen LogP contribution in [0.4, 0.5) is 34.1 Å². The van der Waals surface area contributed by atoms with Crippen LogP contribution in [0.2, 0.25) is 0 Å². The van der Waals surface area contributed by atoms with Gasteiger partial charge in [-0.2, -0.15) is 0 Å². The molecule has 0 N–H and O–H groups in total. The third-order valence-electron chi connectivity index (χ3n) is 12.0. The zero-order valence-corrected chi connectivity index (χ0v) is 32.5. The van der Waals surface area contributed by atoms with Gasteiger partial charge in [0.05, 0.1) is 11.1 Å². The Morgan fingerprint density at radius 1 is 0.288 bits per heavy atom. The van der Waals surface area contributed by atoms with E-state index in [1.54, 1.807) is 0 Å². The fourth-order valence-electron chi connectivity index (χ4n) is 9.58. The molecule has 2 heteroatoms. The Morgan fingerprint density at radius 2 is 0.763 bits per heavy atom. The highest BCUT2D eigenvalue weighted by Crippen LogP contribution is 2.60. The molecule has 0 atom stereocenters. The maximum absolute atomic E-state index is 2.50. The highest BCUT2D eigenvalue weighted by atomic mass is 15.2. The van der Waals surface area contributed by atoms with Gasteiger partial charge in [-0.25, -0.2) is 0 Å². The number of benzene rings is 10. The van der Waals surface area contributed by atoms with Crippen molar-refractivity contribution in [3.63, 3.8) is 0 Å². The molecular formula is C57H40N2. The first-order chi connectivity index (χ1) is 29.3. The standard InChI is InChI=1S/C57H40N2/c1-6-21-43(22-7-1)57(44-23-8-2-9-24-44)53-34-19-35-55(56(53)52-38-42-37-36-41-20-16-17-33-50(41)51(42)40-54(52)57)59(47-29-14-5-15-30-47)49-32-18-31-48(39-49)58(45-25-10-3-11-26-45)46-27-12-4-13-28-46/h1-40H. The van der Waals surface area contributed by atoms with E-state index in [1.807, 2.05) is 0 Å². The molecule has 0 radical (unpaired) electrons. The summed E-state index contributed by atoms with van der Waals surface area (Å²) in [5.41, 5.74) is 13.6. The minimum atomic E-state index is -0.573. The van der Waals surface area contributed by atoms with Crippen molar-refractivity contribution < 1.29 is 0 Å². The van der Waals surface area contributed by atoms with Crippen LogP contribution < -0.4 is 9.80 Å². The van der Waals surface area contributed by atoms with Gasteiger partial charge in [-0.05, 0) is 122 Å². The Balaban J connectivity index is 1.22. The van der Waals surface area contributed by atoms with Crippen LogP contribution in [0.3, 0.4) is 0 Å². The van der Waals surface area contributed by atoms with E-state index in [-0.39, 0.29) is 0 Å². The molecule has 10 aromatic carbocycles. The molecule has 0 amide bonds. The number of rotatable bonds is 8. The molecule has 0 heterocycles. The van der Waals surface area contributed by atoms with Gasteiger partial charge in [-0.3, -0.25) is 0 Å². The van der Waals surface area contributed by atoms with Crippen molar-refractivity contribution >= 4 is 55.7 Å². The van der Waals surface area contributed by atoms with E-state index in [2.05, 4.69) is 252 Å². The van der Waals surface area contributed by atoms with Crippen molar-refractivity contribution in [3.05, 3.63) is 265 Å². The number of hydrogen-bond donors (Lipinski definition) is 0. The first kappa shape index (κ1) is 34.6. The largest absolute Gasteiger partial charge is 0.310 e. The normalized spacial score (nSPS) is 12.5. The first-order valence-electron chi connectivity index (χ1n) is 20.4. The molecule has 0 saturated carbocycles. The van der Waals surface area contributed by atoms with Gasteiger partial charge in [0.1, 0.15) is 0 Å². The van der Waals surface area contributed by atoms with Crippen LogP contribution in [0.15, 0.2) is 243 Å². The second-order valence-electron chi connectivity index (χ2n) is 15.3. The predicted octanol–water partition coefficient (Wildman–Crippen LogP) is 15.3. The third-order valence-corrected chi connectivity index (χ3v) is 12.0. The zero-order valence-electron chi connectivity index (χ0n) is 32.5. The molecule has 1 aliphatic rings. The smallest absolute Gasteiger partial charge is 0.0714 e. The van der Waals surface area contributed by atoms with Gasteiger partial charge in [0, 0.05) is 34.0 Å². The van der Waals surface area contributed by atoms with Crippen molar-refractivity contribution in [2.45, 2.75) is 5.41 Å². The summed E-state index contributed by atoms with van der Waals surface area (Å²) in [6.45, 7) is 0. The molecule has 0 aromatic heterocycles. The maximum Gasteiger partial charge on any atom is 0.0714 e. The van der Waals surface area contributed by atoms with Crippen molar-refractivity contribution in [1.82, 2.24) is 0 Å². The van der Waals surface area contributed by atoms with Crippen LogP contribution in [0.25, 0.3) is 32.7 Å². The van der Waals surface area contributed by atoms with Crippen LogP contribution in [0.1, 0.15) is 22.3 Å². The number of anilines is 6. The number of para-hydroxylation sites is 3. The first-order valence-corrected chi connectivity index (χ1v) is 20.4. The molecule has 0 bridgehead atoms. The second-order valence-corrected chi connectivity index (χ2v) is 15.3. The van der Waals surface area contributed by atoms with Crippen molar-refractivity contribution in [3.8, 4) is 11.1 Å². The summed E-state index contributed by atoms with van der Waals surface area (Å²) < 4.78 is 0. The summed E-state index contributed by atoms with van der Waals surface area (Å²) in [6, 6.07) is 88.6. The van der Waals surface area contributed by atoms with Crippen molar-refractivity contribution in [2.75, 3.05) is 9.80 Å². The summed E-state index contributed by atoms with van der Waals surface area (Å²) in [6.07, 6.45) is 0. The summed E-state index contributed by atoms with van der Waals surface area (Å²) in [4.78, 5) is 4.79. The molecule has 11 rings (SSSR count). The van der Waals surface area contributed by atoms with Gasteiger partial charge in [0.2, 0.25) is 0 Å². The maximum atomic E-state index is 2.50. The molecule has 278 valence electrons. The monoisotopic (exact) mass is 752 g/mol. The Bertz CT molecular complexity index is 3010. The molecule has 0 saturated heterocycles. The van der Waals surface area contributed by atoms with Crippen LogP contribution in [0, 0.1) is 0 Å². The summed E-state index contributed by atoms with van der Waals surface area (Å²) in [5, 5.41) is 5.01. The number of fused-ring (bicyclic) bond motifs is 6. The SMILES string of the molecule is c1ccc(N(c2ccccc2)c2cccc(N(c3ccccc3)c3cccc4c3-c3cc5ccc6ccccc6c5cc3C4(c3ccccc3)c3ccccc3)c2)cc1. The molecule has 10 aromatic rings. The highest BCUT2D eigenvalue weighted by Gasteiger charge is 2.47. The molecule has 0 spiro atoms. The quantitative estimate of drug-likeness (QED) is 0.143. The van der Waals surface area contributed by atoms with Crippen LogP contribution in [-0.4, -0.2) is 0 Å². The minimum Gasteiger partial charge on any atom is -0.310 e. The van der Waals surface area contributed by atoms with Gasteiger partial charge < -0.3 is 9.80 Å². The van der Waals surface area contributed by atoms with E-state index in [4.69, 9.17) is 0 Å². The molecule has 1 aliphatic carbocycles. The van der Waals surface area contributed by atoms with Crippen LogP contribution >= 0.6 is 0 Å². The fraction of sp³-hybridized carbons (Fsp3) is 0.0175. The third kappa shape index (κ3) is 5.64. The zero-order chi connectivity index (χ0) is 39.2. The topological polar surface area (TPSA) is 6.48 Å². The molecule has 2 nitrogen and oxygen atoms in total. The second kappa shape index (κ2) is 14.4. The predicted molar refractivity (Wildman–Crippen MR) is 248 cm³/mol. The highest BCUT2D eigenvalue weighted by molar-refractivity contribution is 6.11. The van der Waals surface area contributed by atoms with E-state index in [9.17, 15) is 0 Å². The lowest BCUT2D eigenvalue weighted by molar-refractivity contribution is 0.769. The average Bonchev–Trinajstić information content (AvgIpc) is 3.61. The molecule has 0 fully saturated rings. The van der Waals surface area contributed by atoms with E-state index in [1.165, 1.54) is 54.9 Å². The molecule has 0 unspecified atom stereocenters. The van der Waals surface area contributed by atoms with Crippen LogP contribution in [-0.2, 0) is 5.41 Å². The fourth-order valence-corrected chi connectivity index (χ4v) is 9.58.